The number of halogens is 1. The van der Waals surface area contributed by atoms with Gasteiger partial charge in [-0.3, -0.25) is 9.59 Å². The third-order valence-electron chi connectivity index (χ3n) is 2.57. The zero-order valence-electron chi connectivity index (χ0n) is 10.2. The molecule has 1 aromatic carbocycles. The van der Waals surface area contributed by atoms with E-state index in [2.05, 4.69) is 10.3 Å². The lowest BCUT2D eigenvalue weighted by Crippen LogP contribution is -2.08. The van der Waals surface area contributed by atoms with Crippen LogP contribution in [0.5, 0.6) is 0 Å². The van der Waals surface area contributed by atoms with Crippen LogP contribution in [-0.4, -0.2) is 37.1 Å². The third-order valence-corrected chi connectivity index (χ3v) is 2.86. The van der Waals surface area contributed by atoms with Crippen molar-refractivity contribution in [3.05, 3.63) is 40.7 Å². The van der Waals surface area contributed by atoms with Gasteiger partial charge in [0.15, 0.2) is 5.15 Å². The van der Waals surface area contributed by atoms with Crippen molar-refractivity contribution < 1.29 is 19.8 Å². The average molecular weight is 296 g/mol. The van der Waals surface area contributed by atoms with Crippen LogP contribution < -0.4 is 0 Å². The lowest BCUT2D eigenvalue weighted by Gasteiger charge is -2.05. The summed E-state index contributed by atoms with van der Waals surface area (Å²) in [6.45, 7) is 0. The number of carboxylic acid groups (broad SMARTS) is 2. The van der Waals surface area contributed by atoms with Gasteiger partial charge in [-0.1, -0.05) is 28.9 Å². The second-order valence-corrected chi connectivity index (χ2v) is 4.40. The quantitative estimate of drug-likeness (QED) is 0.858. The molecule has 0 atom stereocenters. The summed E-state index contributed by atoms with van der Waals surface area (Å²) in [6, 6.07) is 6.52. The Morgan fingerprint density at radius 1 is 1.10 bits per heavy atom. The third kappa shape index (κ3) is 3.12. The Bertz CT molecular complexity index is 651. The summed E-state index contributed by atoms with van der Waals surface area (Å²) in [7, 11) is 0. The van der Waals surface area contributed by atoms with E-state index in [-0.39, 0.29) is 23.7 Å². The van der Waals surface area contributed by atoms with Crippen molar-refractivity contribution in [2.24, 2.45) is 0 Å². The lowest BCUT2D eigenvalue weighted by atomic mass is 10.1. The van der Waals surface area contributed by atoms with Crippen LogP contribution in [0.4, 0.5) is 0 Å². The molecule has 7 nitrogen and oxygen atoms in total. The van der Waals surface area contributed by atoms with Crippen LogP contribution >= 0.6 is 11.6 Å². The summed E-state index contributed by atoms with van der Waals surface area (Å²) in [5.41, 5.74) is 1.46. The normalized spacial score (nSPS) is 10.4. The van der Waals surface area contributed by atoms with Crippen molar-refractivity contribution in [2.75, 3.05) is 0 Å². The van der Waals surface area contributed by atoms with Crippen molar-refractivity contribution >= 4 is 23.5 Å². The molecule has 8 heteroatoms. The van der Waals surface area contributed by atoms with Crippen LogP contribution in [0.1, 0.15) is 11.3 Å². The molecule has 0 saturated heterocycles. The SMILES string of the molecule is O=C(O)Cc1ccc(-n2nnc(Cl)c2CC(=O)O)cc1. The summed E-state index contributed by atoms with van der Waals surface area (Å²) in [6.07, 6.45) is -0.386. The number of nitrogens with zero attached hydrogens (tertiary/aromatic N) is 3. The zero-order valence-corrected chi connectivity index (χ0v) is 10.9. The molecule has 0 fully saturated rings. The maximum atomic E-state index is 10.8. The molecule has 0 saturated carbocycles. The molecule has 0 aliphatic heterocycles. The average Bonchev–Trinajstić information content (AvgIpc) is 2.71. The van der Waals surface area contributed by atoms with Gasteiger partial charge in [0, 0.05) is 0 Å². The number of carbonyl (C=O) groups is 2. The van der Waals surface area contributed by atoms with Gasteiger partial charge in [-0.05, 0) is 17.7 Å². The molecule has 0 aliphatic carbocycles. The van der Waals surface area contributed by atoms with Crippen molar-refractivity contribution in [1.29, 1.82) is 0 Å². The molecule has 0 unspecified atom stereocenters. The molecule has 0 aliphatic rings. The standard InChI is InChI=1S/C12H10ClN3O4/c13-12-9(6-11(19)20)16(15-14-12)8-3-1-7(2-4-8)5-10(17)18/h1-4H,5-6H2,(H,17,18)(H,19,20). The predicted molar refractivity (Wildman–Crippen MR) is 69.0 cm³/mol. The number of carboxylic acids is 2. The van der Waals surface area contributed by atoms with Gasteiger partial charge in [0.2, 0.25) is 0 Å². The van der Waals surface area contributed by atoms with Crippen molar-refractivity contribution in [1.82, 2.24) is 15.0 Å². The van der Waals surface area contributed by atoms with Gasteiger partial charge in [-0.2, -0.15) is 0 Å². The van der Waals surface area contributed by atoms with E-state index in [0.29, 0.717) is 11.3 Å². The van der Waals surface area contributed by atoms with Crippen LogP contribution in [0.25, 0.3) is 5.69 Å². The smallest absolute Gasteiger partial charge is 0.309 e. The first kappa shape index (κ1) is 14.0. The van der Waals surface area contributed by atoms with Crippen LogP contribution in [-0.2, 0) is 22.4 Å². The van der Waals surface area contributed by atoms with Gasteiger partial charge in [-0.25, -0.2) is 4.68 Å². The molecule has 104 valence electrons. The van der Waals surface area contributed by atoms with E-state index in [4.69, 9.17) is 21.8 Å². The topological polar surface area (TPSA) is 105 Å². The number of hydrogen-bond acceptors (Lipinski definition) is 4. The predicted octanol–water partition coefficient (Wildman–Crippen LogP) is 1.17. The van der Waals surface area contributed by atoms with Crippen molar-refractivity contribution in [3.8, 4) is 5.69 Å². The molecular formula is C12H10ClN3O4. The van der Waals surface area contributed by atoms with E-state index in [0.717, 1.165) is 0 Å². The minimum absolute atomic E-state index is 0.0296. The highest BCUT2D eigenvalue weighted by atomic mass is 35.5. The molecule has 1 aromatic heterocycles. The number of benzene rings is 1. The monoisotopic (exact) mass is 295 g/mol. The maximum absolute atomic E-state index is 10.8. The molecule has 2 N–H and O–H groups in total. The molecule has 0 bridgehead atoms. The van der Waals surface area contributed by atoms with Crippen LogP contribution in [0.2, 0.25) is 5.15 Å². The van der Waals surface area contributed by atoms with Gasteiger partial charge in [-0.15, -0.1) is 5.10 Å². The van der Waals surface area contributed by atoms with E-state index in [1.54, 1.807) is 24.3 Å². The summed E-state index contributed by atoms with van der Waals surface area (Å²) < 4.78 is 1.32. The molecular weight excluding hydrogens is 286 g/mol. The Kier molecular flexibility index (Phi) is 3.99. The highest BCUT2D eigenvalue weighted by Crippen LogP contribution is 2.18. The second-order valence-electron chi connectivity index (χ2n) is 4.05. The number of aromatic nitrogens is 3. The molecule has 1 heterocycles. The number of rotatable bonds is 5. The Morgan fingerprint density at radius 2 is 1.70 bits per heavy atom. The first-order valence-corrected chi connectivity index (χ1v) is 5.98. The van der Waals surface area contributed by atoms with E-state index in [9.17, 15) is 9.59 Å². The van der Waals surface area contributed by atoms with E-state index >= 15 is 0 Å². The second kappa shape index (κ2) is 5.70. The van der Waals surface area contributed by atoms with Gasteiger partial charge >= 0.3 is 11.9 Å². The fourth-order valence-electron chi connectivity index (χ4n) is 1.71. The van der Waals surface area contributed by atoms with Crippen molar-refractivity contribution in [3.63, 3.8) is 0 Å². The number of aliphatic carboxylic acids is 2. The van der Waals surface area contributed by atoms with E-state index in [1.807, 2.05) is 0 Å². The summed E-state index contributed by atoms with van der Waals surface area (Å²) in [5, 5.41) is 25.0. The van der Waals surface area contributed by atoms with Gasteiger partial charge < -0.3 is 10.2 Å². The summed E-state index contributed by atoms with van der Waals surface area (Å²) in [4.78, 5) is 21.4. The molecule has 20 heavy (non-hydrogen) atoms. The van der Waals surface area contributed by atoms with E-state index in [1.165, 1.54) is 4.68 Å². The van der Waals surface area contributed by atoms with Crippen LogP contribution in [0, 0.1) is 0 Å². The Labute approximate surface area is 118 Å². The van der Waals surface area contributed by atoms with Crippen molar-refractivity contribution in [2.45, 2.75) is 12.8 Å². The van der Waals surface area contributed by atoms with Crippen LogP contribution in [0.3, 0.4) is 0 Å². The molecule has 0 spiro atoms. The molecule has 2 aromatic rings. The largest absolute Gasteiger partial charge is 0.481 e. The highest BCUT2D eigenvalue weighted by Gasteiger charge is 2.15. The minimum Gasteiger partial charge on any atom is -0.481 e. The van der Waals surface area contributed by atoms with E-state index < -0.39 is 11.9 Å². The molecule has 0 radical (unpaired) electrons. The fraction of sp³-hybridized carbons (Fsp3) is 0.167. The maximum Gasteiger partial charge on any atom is 0.309 e. The zero-order chi connectivity index (χ0) is 14.7. The Balaban J connectivity index is 2.32. The van der Waals surface area contributed by atoms with Gasteiger partial charge in [0.25, 0.3) is 0 Å². The summed E-state index contributed by atoms with van der Waals surface area (Å²) in [5.74, 6) is -1.97. The first-order chi connectivity index (χ1) is 9.47. The molecule has 0 amide bonds. The Hall–Kier alpha value is -2.41. The molecule has 2 rings (SSSR count). The lowest BCUT2D eigenvalue weighted by molar-refractivity contribution is -0.137. The van der Waals surface area contributed by atoms with Crippen LogP contribution in [0.15, 0.2) is 24.3 Å². The summed E-state index contributed by atoms with van der Waals surface area (Å²) >= 11 is 5.80. The number of hydrogen-bond donors (Lipinski definition) is 2. The fourth-order valence-corrected chi connectivity index (χ4v) is 1.89. The first-order valence-electron chi connectivity index (χ1n) is 5.60. The highest BCUT2D eigenvalue weighted by molar-refractivity contribution is 6.30. The minimum atomic E-state index is -1.04. The van der Waals surface area contributed by atoms with Gasteiger partial charge in [0.1, 0.15) is 0 Å². The van der Waals surface area contributed by atoms with Gasteiger partial charge in [0.05, 0.1) is 24.2 Å². The Morgan fingerprint density at radius 3 is 2.25 bits per heavy atom.